The van der Waals surface area contributed by atoms with E-state index in [0.29, 0.717) is 53.8 Å². The van der Waals surface area contributed by atoms with Crippen LogP contribution in [-0.4, -0.2) is 33.0 Å². The zero-order valence-corrected chi connectivity index (χ0v) is 17.8. The summed E-state index contributed by atoms with van der Waals surface area (Å²) in [6.45, 7) is 1.43. The van der Waals surface area contributed by atoms with E-state index in [-0.39, 0.29) is 5.56 Å². The Balaban J connectivity index is 1.55. The minimum absolute atomic E-state index is 0.254. The van der Waals surface area contributed by atoms with Crippen LogP contribution in [0.15, 0.2) is 53.3 Å². The Hall–Kier alpha value is -3.33. The first-order valence-corrected chi connectivity index (χ1v) is 10.9. The van der Waals surface area contributed by atoms with Crippen LogP contribution >= 0.6 is 0 Å². The number of halogens is 3. The molecule has 0 radical (unpaired) electrons. The minimum atomic E-state index is -4.42. The quantitative estimate of drug-likeness (QED) is 0.439. The molecule has 1 aliphatic rings. The summed E-state index contributed by atoms with van der Waals surface area (Å²) in [4.78, 5) is 21.0. The van der Waals surface area contributed by atoms with Gasteiger partial charge in [0.2, 0.25) is 5.95 Å². The SMILES string of the molecule is O=c1c(CCC2CCOCC2)c(-c2ccc(C(F)(F)F)cc2)[nH]n1-c1nc2ccccc2[nH]1. The van der Waals surface area contributed by atoms with Crippen molar-refractivity contribution in [3.8, 4) is 17.2 Å². The highest BCUT2D eigenvalue weighted by atomic mass is 19.4. The Morgan fingerprint density at radius 2 is 1.79 bits per heavy atom. The molecule has 33 heavy (non-hydrogen) atoms. The molecule has 0 spiro atoms. The summed E-state index contributed by atoms with van der Waals surface area (Å²) < 4.78 is 45.9. The van der Waals surface area contributed by atoms with Crippen molar-refractivity contribution < 1.29 is 17.9 Å². The molecule has 5 rings (SSSR count). The molecule has 0 aliphatic carbocycles. The van der Waals surface area contributed by atoms with E-state index < -0.39 is 11.7 Å². The van der Waals surface area contributed by atoms with Crippen molar-refractivity contribution in [2.75, 3.05) is 13.2 Å². The maximum absolute atomic E-state index is 13.4. The number of aromatic nitrogens is 4. The van der Waals surface area contributed by atoms with E-state index >= 15 is 0 Å². The average Bonchev–Trinajstić information content (AvgIpc) is 3.38. The first-order valence-electron chi connectivity index (χ1n) is 10.9. The zero-order valence-electron chi connectivity index (χ0n) is 17.8. The van der Waals surface area contributed by atoms with E-state index in [0.717, 1.165) is 36.9 Å². The number of hydrogen-bond donors (Lipinski definition) is 2. The number of fused-ring (bicyclic) bond motifs is 1. The van der Waals surface area contributed by atoms with Crippen LogP contribution in [0.2, 0.25) is 0 Å². The van der Waals surface area contributed by atoms with Crippen LogP contribution in [0.5, 0.6) is 0 Å². The van der Waals surface area contributed by atoms with E-state index in [1.54, 1.807) is 0 Å². The molecule has 3 heterocycles. The van der Waals surface area contributed by atoms with E-state index in [9.17, 15) is 18.0 Å². The van der Waals surface area contributed by atoms with Gasteiger partial charge in [0.05, 0.1) is 22.3 Å². The summed E-state index contributed by atoms with van der Waals surface area (Å²) in [5.74, 6) is 0.792. The second-order valence-corrected chi connectivity index (χ2v) is 8.35. The summed E-state index contributed by atoms with van der Waals surface area (Å²) in [6.07, 6.45) is -1.21. The highest BCUT2D eigenvalue weighted by Gasteiger charge is 2.30. The third kappa shape index (κ3) is 4.32. The molecule has 2 N–H and O–H groups in total. The minimum Gasteiger partial charge on any atom is -0.381 e. The second-order valence-electron chi connectivity index (χ2n) is 8.35. The third-order valence-corrected chi connectivity index (χ3v) is 6.22. The molecule has 1 aliphatic heterocycles. The summed E-state index contributed by atoms with van der Waals surface area (Å²) >= 11 is 0. The largest absolute Gasteiger partial charge is 0.416 e. The Morgan fingerprint density at radius 3 is 2.48 bits per heavy atom. The lowest BCUT2D eigenvalue weighted by atomic mass is 9.92. The summed E-state index contributed by atoms with van der Waals surface area (Å²) in [6, 6.07) is 12.3. The van der Waals surface area contributed by atoms with Gasteiger partial charge in [0.25, 0.3) is 5.56 Å². The Bertz CT molecular complexity index is 1280. The molecule has 2 aromatic carbocycles. The fraction of sp³-hybridized carbons (Fsp3) is 0.333. The molecule has 9 heteroatoms. The maximum atomic E-state index is 13.4. The van der Waals surface area contributed by atoms with Crippen molar-refractivity contribution in [3.63, 3.8) is 0 Å². The number of H-pyrrole nitrogens is 2. The van der Waals surface area contributed by atoms with Gasteiger partial charge < -0.3 is 9.72 Å². The van der Waals surface area contributed by atoms with Gasteiger partial charge in [-0.1, -0.05) is 24.3 Å². The van der Waals surface area contributed by atoms with Crippen LogP contribution in [0.1, 0.15) is 30.4 Å². The smallest absolute Gasteiger partial charge is 0.381 e. The fourth-order valence-corrected chi connectivity index (χ4v) is 4.35. The van der Waals surface area contributed by atoms with Crippen LogP contribution in [0, 0.1) is 5.92 Å². The van der Waals surface area contributed by atoms with Crippen molar-refractivity contribution in [3.05, 3.63) is 70.0 Å². The molecule has 6 nitrogen and oxygen atoms in total. The number of nitrogens with zero attached hydrogens (tertiary/aromatic N) is 2. The van der Waals surface area contributed by atoms with Gasteiger partial charge in [-0.25, -0.2) is 4.98 Å². The number of benzene rings is 2. The normalized spacial score (nSPS) is 15.4. The molecular weight excluding hydrogens is 433 g/mol. The van der Waals surface area contributed by atoms with Gasteiger partial charge in [-0.2, -0.15) is 17.9 Å². The fourth-order valence-electron chi connectivity index (χ4n) is 4.35. The Morgan fingerprint density at radius 1 is 1.06 bits per heavy atom. The Kier molecular flexibility index (Phi) is 5.57. The van der Waals surface area contributed by atoms with Gasteiger partial charge in [-0.05, 0) is 61.4 Å². The number of alkyl halides is 3. The topological polar surface area (TPSA) is 75.7 Å². The molecule has 1 fully saturated rings. The molecule has 0 amide bonds. The third-order valence-electron chi connectivity index (χ3n) is 6.22. The number of imidazole rings is 1. The number of ether oxygens (including phenoxy) is 1. The lowest BCUT2D eigenvalue weighted by Crippen LogP contribution is -2.20. The summed E-state index contributed by atoms with van der Waals surface area (Å²) in [7, 11) is 0. The number of aromatic amines is 2. The van der Waals surface area contributed by atoms with Crippen molar-refractivity contribution in [1.82, 2.24) is 19.7 Å². The van der Waals surface area contributed by atoms with Crippen LogP contribution in [-0.2, 0) is 17.3 Å². The van der Waals surface area contributed by atoms with Gasteiger partial charge in [-0.15, -0.1) is 0 Å². The van der Waals surface area contributed by atoms with E-state index in [4.69, 9.17) is 4.74 Å². The van der Waals surface area contributed by atoms with Crippen molar-refractivity contribution in [1.29, 1.82) is 0 Å². The molecule has 172 valence electrons. The van der Waals surface area contributed by atoms with Gasteiger partial charge >= 0.3 is 6.18 Å². The van der Waals surface area contributed by atoms with Crippen molar-refractivity contribution >= 4 is 11.0 Å². The molecule has 2 aromatic heterocycles. The highest BCUT2D eigenvalue weighted by Crippen LogP contribution is 2.32. The standard InChI is InChI=1S/C24H23F3N4O2/c25-24(26,27)17-8-6-16(7-9-17)21-18(10-5-15-11-13-33-14-12-15)22(32)31(30-21)23-28-19-3-1-2-4-20(19)29-23/h1-4,6-9,15,30H,5,10-14H2,(H,28,29). The lowest BCUT2D eigenvalue weighted by Gasteiger charge is -2.21. The van der Waals surface area contributed by atoms with Crippen molar-refractivity contribution in [2.24, 2.45) is 5.92 Å². The van der Waals surface area contributed by atoms with Gasteiger partial charge in [0.15, 0.2) is 0 Å². The highest BCUT2D eigenvalue weighted by molar-refractivity contribution is 5.76. The molecular formula is C24H23F3N4O2. The first-order chi connectivity index (χ1) is 15.9. The first kappa shape index (κ1) is 21.5. The second kappa shape index (κ2) is 8.55. The van der Waals surface area contributed by atoms with E-state index in [1.807, 2.05) is 24.3 Å². The van der Waals surface area contributed by atoms with Crippen LogP contribution < -0.4 is 5.56 Å². The van der Waals surface area contributed by atoms with Crippen molar-refractivity contribution in [2.45, 2.75) is 31.9 Å². The predicted molar refractivity (Wildman–Crippen MR) is 118 cm³/mol. The number of rotatable bonds is 5. The molecule has 0 saturated carbocycles. The van der Waals surface area contributed by atoms with Crippen LogP contribution in [0.4, 0.5) is 13.2 Å². The Labute approximate surface area is 187 Å². The zero-order chi connectivity index (χ0) is 23.0. The average molecular weight is 456 g/mol. The summed E-state index contributed by atoms with van der Waals surface area (Å²) in [5.41, 5.74) is 2.10. The summed E-state index contributed by atoms with van der Waals surface area (Å²) in [5, 5.41) is 3.09. The molecule has 0 unspecified atom stereocenters. The molecule has 0 bridgehead atoms. The molecule has 0 atom stereocenters. The van der Waals surface area contributed by atoms with Gasteiger partial charge in [-0.3, -0.25) is 9.89 Å². The monoisotopic (exact) mass is 456 g/mol. The van der Waals surface area contributed by atoms with Gasteiger partial charge in [0, 0.05) is 18.8 Å². The number of para-hydroxylation sites is 2. The number of hydrogen-bond acceptors (Lipinski definition) is 3. The molecule has 4 aromatic rings. The predicted octanol–water partition coefficient (Wildman–Crippen LogP) is 5.09. The van der Waals surface area contributed by atoms with Crippen LogP contribution in [0.25, 0.3) is 28.2 Å². The van der Waals surface area contributed by atoms with E-state index in [1.165, 1.54) is 16.8 Å². The maximum Gasteiger partial charge on any atom is 0.416 e. The van der Waals surface area contributed by atoms with Gasteiger partial charge in [0.1, 0.15) is 0 Å². The van der Waals surface area contributed by atoms with E-state index in [2.05, 4.69) is 15.1 Å². The van der Waals surface area contributed by atoms with Crippen LogP contribution in [0.3, 0.4) is 0 Å². The number of nitrogens with one attached hydrogen (secondary N) is 2. The lowest BCUT2D eigenvalue weighted by molar-refractivity contribution is -0.137. The molecule has 1 saturated heterocycles.